The van der Waals surface area contributed by atoms with E-state index in [0.29, 0.717) is 22.5 Å². The predicted molar refractivity (Wildman–Crippen MR) is 77.8 cm³/mol. The van der Waals surface area contributed by atoms with Crippen molar-refractivity contribution >= 4 is 17.6 Å². The largest absolute Gasteiger partial charge is 0.477 e. The first kappa shape index (κ1) is 14.8. The first-order valence-electron chi connectivity index (χ1n) is 6.59. The Labute approximate surface area is 122 Å². The number of aryl methyl sites for hydroxylation is 1. The van der Waals surface area contributed by atoms with E-state index >= 15 is 0 Å². The van der Waals surface area contributed by atoms with E-state index in [-0.39, 0.29) is 17.6 Å². The van der Waals surface area contributed by atoms with Gasteiger partial charge in [-0.25, -0.2) is 4.79 Å². The Morgan fingerprint density at radius 3 is 2.52 bits per heavy atom. The lowest BCUT2D eigenvalue weighted by molar-refractivity contribution is 0.0690. The molecule has 21 heavy (non-hydrogen) atoms. The number of rotatable bonds is 4. The van der Waals surface area contributed by atoms with Gasteiger partial charge in [-0.3, -0.25) is 9.48 Å². The molecule has 0 aliphatic rings. The number of aromatic amines is 1. The van der Waals surface area contributed by atoms with Crippen LogP contribution in [0.5, 0.6) is 0 Å². The lowest BCUT2D eigenvalue weighted by atomic mass is 10.1. The molecule has 0 atom stereocenters. The van der Waals surface area contributed by atoms with Crippen LogP contribution < -0.4 is 5.32 Å². The highest BCUT2D eigenvalue weighted by Crippen LogP contribution is 2.20. The first-order valence-corrected chi connectivity index (χ1v) is 6.59. The smallest absolute Gasteiger partial charge is 0.352 e. The third kappa shape index (κ3) is 2.81. The van der Waals surface area contributed by atoms with Crippen molar-refractivity contribution in [1.82, 2.24) is 14.8 Å². The van der Waals surface area contributed by atoms with Crippen LogP contribution in [0.4, 0.5) is 5.69 Å². The molecule has 0 saturated carbocycles. The quantitative estimate of drug-likeness (QED) is 0.804. The number of nitrogens with one attached hydrogen (secondary N) is 2. The van der Waals surface area contributed by atoms with Crippen molar-refractivity contribution in [2.75, 3.05) is 5.32 Å². The molecule has 3 N–H and O–H groups in total. The first-order chi connectivity index (χ1) is 9.81. The number of nitrogens with zero attached hydrogens (tertiary/aromatic N) is 2. The van der Waals surface area contributed by atoms with Crippen LogP contribution in [0.15, 0.2) is 12.4 Å². The van der Waals surface area contributed by atoms with Gasteiger partial charge in [0.25, 0.3) is 5.91 Å². The second kappa shape index (κ2) is 5.43. The molecule has 0 bridgehead atoms. The highest BCUT2D eigenvalue weighted by atomic mass is 16.4. The monoisotopic (exact) mass is 290 g/mol. The molecule has 2 rings (SSSR count). The zero-order valence-corrected chi connectivity index (χ0v) is 12.4. The van der Waals surface area contributed by atoms with E-state index in [9.17, 15) is 9.59 Å². The molecule has 2 heterocycles. The van der Waals surface area contributed by atoms with Gasteiger partial charge in [-0.15, -0.1) is 0 Å². The normalized spacial score (nSPS) is 10.9. The van der Waals surface area contributed by atoms with Crippen LogP contribution >= 0.6 is 0 Å². The molecule has 0 saturated heterocycles. The summed E-state index contributed by atoms with van der Waals surface area (Å²) in [5, 5.41) is 15.9. The van der Waals surface area contributed by atoms with Gasteiger partial charge in [-0.1, -0.05) is 0 Å². The zero-order chi connectivity index (χ0) is 15.7. The number of H-pyrrole nitrogens is 1. The minimum Gasteiger partial charge on any atom is -0.477 e. The minimum absolute atomic E-state index is 0.0375. The Morgan fingerprint density at radius 1 is 1.38 bits per heavy atom. The number of hydrogen-bond acceptors (Lipinski definition) is 3. The Kier molecular flexibility index (Phi) is 3.84. The maximum absolute atomic E-state index is 12.3. The van der Waals surface area contributed by atoms with Gasteiger partial charge >= 0.3 is 5.97 Å². The molecule has 0 aromatic carbocycles. The molecule has 0 aliphatic heterocycles. The summed E-state index contributed by atoms with van der Waals surface area (Å²) >= 11 is 0. The molecule has 7 nitrogen and oxygen atoms in total. The number of aromatic nitrogens is 3. The van der Waals surface area contributed by atoms with Crippen molar-refractivity contribution in [2.45, 2.75) is 33.7 Å². The van der Waals surface area contributed by atoms with E-state index in [1.165, 1.54) is 0 Å². The van der Waals surface area contributed by atoms with Crippen molar-refractivity contribution in [1.29, 1.82) is 0 Å². The van der Waals surface area contributed by atoms with Crippen molar-refractivity contribution in [3.63, 3.8) is 0 Å². The van der Waals surface area contributed by atoms with Gasteiger partial charge in [0.2, 0.25) is 0 Å². The van der Waals surface area contributed by atoms with Gasteiger partial charge < -0.3 is 15.4 Å². The number of hydrogen-bond donors (Lipinski definition) is 3. The van der Waals surface area contributed by atoms with Crippen LogP contribution in [-0.2, 0) is 0 Å². The van der Waals surface area contributed by atoms with Gasteiger partial charge in [-0.2, -0.15) is 5.10 Å². The van der Waals surface area contributed by atoms with Crippen molar-refractivity contribution < 1.29 is 14.7 Å². The molecule has 0 radical (unpaired) electrons. The number of anilines is 1. The van der Waals surface area contributed by atoms with E-state index in [0.717, 1.165) is 0 Å². The molecule has 0 aliphatic carbocycles. The standard InChI is InChI=1S/C14H18N4O3/c1-7(2)18-6-10(5-15-18)17-13(19)11-8(3)12(14(20)21)16-9(11)4/h5-7,16H,1-4H3,(H,17,19)(H,20,21). The maximum Gasteiger partial charge on any atom is 0.352 e. The summed E-state index contributed by atoms with van der Waals surface area (Å²) in [4.78, 5) is 26.1. The molecule has 2 aromatic heterocycles. The number of aromatic carboxylic acids is 1. The summed E-state index contributed by atoms with van der Waals surface area (Å²) in [6, 6.07) is 0.199. The predicted octanol–water partition coefficient (Wildman–Crippen LogP) is 2.36. The summed E-state index contributed by atoms with van der Waals surface area (Å²) in [6.07, 6.45) is 3.30. The minimum atomic E-state index is -1.08. The number of carboxylic acids is 1. The second-order valence-corrected chi connectivity index (χ2v) is 5.19. The molecular weight excluding hydrogens is 272 g/mol. The summed E-state index contributed by atoms with van der Waals surface area (Å²) in [7, 11) is 0. The van der Waals surface area contributed by atoms with Gasteiger partial charge in [-0.05, 0) is 33.3 Å². The molecule has 2 aromatic rings. The van der Waals surface area contributed by atoms with Crippen molar-refractivity contribution in [3.8, 4) is 0 Å². The van der Waals surface area contributed by atoms with Gasteiger partial charge in [0.1, 0.15) is 5.69 Å². The van der Waals surface area contributed by atoms with Crippen LogP contribution in [0.1, 0.15) is 52.0 Å². The van der Waals surface area contributed by atoms with Crippen LogP contribution in [-0.4, -0.2) is 31.7 Å². The SMILES string of the molecule is Cc1[nH]c(C(=O)O)c(C)c1C(=O)Nc1cnn(C(C)C)c1. The molecule has 7 heteroatoms. The lowest BCUT2D eigenvalue weighted by Gasteiger charge is -2.05. The maximum atomic E-state index is 12.3. The number of carboxylic acid groups (broad SMARTS) is 1. The van der Waals surface area contributed by atoms with E-state index in [1.54, 1.807) is 30.9 Å². The van der Waals surface area contributed by atoms with Crippen molar-refractivity contribution in [2.24, 2.45) is 0 Å². The summed E-state index contributed by atoms with van der Waals surface area (Å²) in [5.41, 5.74) is 1.92. The fourth-order valence-corrected chi connectivity index (χ4v) is 2.18. The zero-order valence-electron chi connectivity index (χ0n) is 12.4. The number of carbonyl (C=O) groups is 2. The van der Waals surface area contributed by atoms with Crippen molar-refractivity contribution in [3.05, 3.63) is 34.9 Å². The van der Waals surface area contributed by atoms with Gasteiger partial charge in [0, 0.05) is 17.9 Å². The van der Waals surface area contributed by atoms with Crippen LogP contribution in [0.2, 0.25) is 0 Å². The molecule has 0 fully saturated rings. The summed E-state index contributed by atoms with van der Waals surface area (Å²) < 4.78 is 1.73. The third-order valence-electron chi connectivity index (χ3n) is 3.27. The Morgan fingerprint density at radius 2 is 2.05 bits per heavy atom. The Balaban J connectivity index is 2.26. The third-order valence-corrected chi connectivity index (χ3v) is 3.27. The highest BCUT2D eigenvalue weighted by Gasteiger charge is 2.21. The topological polar surface area (TPSA) is 100 Å². The van der Waals surface area contributed by atoms with E-state index in [1.807, 2.05) is 13.8 Å². The van der Waals surface area contributed by atoms with Gasteiger partial charge in [0.15, 0.2) is 0 Å². The molecule has 112 valence electrons. The van der Waals surface area contributed by atoms with Crippen LogP contribution in [0.25, 0.3) is 0 Å². The molecule has 1 amide bonds. The van der Waals surface area contributed by atoms with E-state index < -0.39 is 5.97 Å². The van der Waals surface area contributed by atoms with E-state index in [4.69, 9.17) is 5.11 Å². The number of amides is 1. The number of carbonyl (C=O) groups excluding carboxylic acids is 1. The Bertz CT molecular complexity index is 697. The molecule has 0 spiro atoms. The van der Waals surface area contributed by atoms with Crippen LogP contribution in [0, 0.1) is 13.8 Å². The fraction of sp³-hybridized carbons (Fsp3) is 0.357. The highest BCUT2D eigenvalue weighted by molar-refractivity contribution is 6.07. The molecular formula is C14H18N4O3. The average Bonchev–Trinajstić information content (AvgIpc) is 2.94. The van der Waals surface area contributed by atoms with Crippen LogP contribution in [0.3, 0.4) is 0 Å². The lowest BCUT2D eigenvalue weighted by Crippen LogP contribution is -2.13. The fourth-order valence-electron chi connectivity index (χ4n) is 2.18. The second-order valence-electron chi connectivity index (χ2n) is 5.19. The van der Waals surface area contributed by atoms with E-state index in [2.05, 4.69) is 15.4 Å². The summed E-state index contributed by atoms with van der Waals surface area (Å²) in [6.45, 7) is 7.25. The average molecular weight is 290 g/mol. The molecule has 0 unspecified atom stereocenters. The Hall–Kier alpha value is -2.57. The van der Waals surface area contributed by atoms with Gasteiger partial charge in [0.05, 0.1) is 17.4 Å². The summed E-state index contributed by atoms with van der Waals surface area (Å²) in [5.74, 6) is -1.43.